The van der Waals surface area contributed by atoms with Crippen molar-refractivity contribution >= 4 is 11.8 Å². The number of β-amino-alcohol motifs (C(OH)–C–C–N with tert-alkyl or cyclic N) is 1. The largest absolute Gasteiger partial charge is 0.386 e. The smallest absolute Gasteiger partial charge is 0.226 e. The molecule has 2 amide bonds. The van der Waals surface area contributed by atoms with Crippen LogP contribution in [0.15, 0.2) is 0 Å². The van der Waals surface area contributed by atoms with E-state index in [9.17, 15) is 14.7 Å². The van der Waals surface area contributed by atoms with Crippen molar-refractivity contribution in [3.05, 3.63) is 0 Å². The number of piperidine rings is 1. The lowest BCUT2D eigenvalue weighted by Gasteiger charge is -2.50. The zero-order chi connectivity index (χ0) is 15.8. The molecule has 0 atom stereocenters. The monoisotopic (exact) mass is 296 g/mol. The van der Waals surface area contributed by atoms with Gasteiger partial charge in [0.05, 0.1) is 13.1 Å². The van der Waals surface area contributed by atoms with Gasteiger partial charge in [-0.15, -0.1) is 0 Å². The van der Waals surface area contributed by atoms with E-state index in [2.05, 4.69) is 0 Å². The summed E-state index contributed by atoms with van der Waals surface area (Å²) < 4.78 is 0. The molecule has 5 nitrogen and oxygen atoms in total. The average Bonchev–Trinajstić information content (AvgIpc) is 2.42. The molecule has 0 spiro atoms. The second-order valence-corrected chi connectivity index (χ2v) is 7.21. The van der Waals surface area contributed by atoms with E-state index in [-0.39, 0.29) is 29.6 Å². The molecule has 1 N–H and O–H groups in total. The zero-order valence-electron chi connectivity index (χ0n) is 13.6. The van der Waals surface area contributed by atoms with Gasteiger partial charge in [0.1, 0.15) is 5.60 Å². The molecule has 0 unspecified atom stereocenters. The van der Waals surface area contributed by atoms with Crippen LogP contribution in [-0.4, -0.2) is 58.5 Å². The first-order valence-electron chi connectivity index (χ1n) is 8.04. The fourth-order valence-electron chi connectivity index (χ4n) is 3.11. The second-order valence-electron chi connectivity index (χ2n) is 7.21. The molecule has 2 rings (SSSR count). The van der Waals surface area contributed by atoms with E-state index >= 15 is 0 Å². The van der Waals surface area contributed by atoms with Gasteiger partial charge in [0, 0.05) is 24.9 Å². The third-order valence-electron chi connectivity index (χ3n) is 4.97. The van der Waals surface area contributed by atoms with Crippen LogP contribution < -0.4 is 0 Å². The molecule has 2 aliphatic rings. The molecule has 0 aromatic heterocycles. The van der Waals surface area contributed by atoms with E-state index in [1.54, 1.807) is 4.90 Å². The molecule has 2 heterocycles. The van der Waals surface area contributed by atoms with Crippen molar-refractivity contribution in [1.29, 1.82) is 0 Å². The topological polar surface area (TPSA) is 60.9 Å². The van der Waals surface area contributed by atoms with Crippen LogP contribution >= 0.6 is 0 Å². The fraction of sp³-hybridized carbons (Fsp3) is 0.875. The number of aliphatic hydroxyl groups is 1. The van der Waals surface area contributed by atoms with Crippen LogP contribution in [0.4, 0.5) is 0 Å². The van der Waals surface area contributed by atoms with Gasteiger partial charge in [-0.25, -0.2) is 0 Å². The molecule has 0 saturated carbocycles. The van der Waals surface area contributed by atoms with Crippen LogP contribution in [0, 0.1) is 17.8 Å². The third kappa shape index (κ3) is 3.23. The number of nitrogens with zero attached hydrogens (tertiary/aromatic N) is 2. The summed E-state index contributed by atoms with van der Waals surface area (Å²) in [5.41, 5.74) is -0.704. The predicted octanol–water partition coefficient (Wildman–Crippen LogP) is 1.11. The van der Waals surface area contributed by atoms with Gasteiger partial charge < -0.3 is 14.9 Å². The van der Waals surface area contributed by atoms with Gasteiger partial charge in [-0.3, -0.25) is 9.59 Å². The summed E-state index contributed by atoms with van der Waals surface area (Å²) in [7, 11) is 0. The highest BCUT2D eigenvalue weighted by Crippen LogP contribution is 2.31. The highest BCUT2D eigenvalue weighted by Gasteiger charge is 2.47. The maximum atomic E-state index is 12.4. The summed E-state index contributed by atoms with van der Waals surface area (Å²) in [6, 6.07) is 0. The molecule has 0 radical (unpaired) electrons. The molecule has 120 valence electrons. The number of rotatable bonds is 3. The Kier molecular flexibility index (Phi) is 4.61. The maximum absolute atomic E-state index is 12.4. The van der Waals surface area contributed by atoms with Gasteiger partial charge in [-0.2, -0.15) is 0 Å². The normalized spacial score (nSPS) is 22.6. The van der Waals surface area contributed by atoms with Gasteiger partial charge in [0.25, 0.3) is 0 Å². The molecule has 2 aliphatic heterocycles. The molecule has 2 fully saturated rings. The van der Waals surface area contributed by atoms with Crippen LogP contribution in [0.5, 0.6) is 0 Å². The number of hydrogen-bond donors (Lipinski definition) is 1. The summed E-state index contributed by atoms with van der Waals surface area (Å²) in [5.74, 6) is 0.537. The molecule has 0 bridgehead atoms. The minimum absolute atomic E-state index is 0.0120. The van der Waals surface area contributed by atoms with Crippen LogP contribution in [0.25, 0.3) is 0 Å². The first-order chi connectivity index (χ1) is 9.74. The minimum atomic E-state index is -0.704. The van der Waals surface area contributed by atoms with Crippen molar-refractivity contribution in [2.24, 2.45) is 17.8 Å². The Labute approximate surface area is 127 Å². The molecule has 0 aromatic carbocycles. The van der Waals surface area contributed by atoms with Crippen molar-refractivity contribution in [3.63, 3.8) is 0 Å². The van der Waals surface area contributed by atoms with Crippen LogP contribution in [0.1, 0.15) is 40.5 Å². The summed E-state index contributed by atoms with van der Waals surface area (Å²) >= 11 is 0. The number of hydrogen-bond acceptors (Lipinski definition) is 3. The maximum Gasteiger partial charge on any atom is 0.226 e. The zero-order valence-corrected chi connectivity index (χ0v) is 13.6. The number of amides is 2. The summed E-state index contributed by atoms with van der Waals surface area (Å²) in [6.07, 6.45) is 1.49. The number of carbonyl (C=O) groups excluding carboxylic acids is 2. The molecule has 21 heavy (non-hydrogen) atoms. The van der Waals surface area contributed by atoms with E-state index in [1.165, 1.54) is 0 Å². The first-order valence-corrected chi connectivity index (χ1v) is 8.04. The van der Waals surface area contributed by atoms with Crippen molar-refractivity contribution < 1.29 is 14.7 Å². The van der Waals surface area contributed by atoms with E-state index in [0.29, 0.717) is 26.2 Å². The summed E-state index contributed by atoms with van der Waals surface area (Å²) in [4.78, 5) is 28.0. The molecule has 5 heteroatoms. The molecular formula is C16H28N2O3. The lowest BCUT2D eigenvalue weighted by Crippen LogP contribution is -2.67. The standard InChI is InChI=1S/C16H28N2O3/c1-11(2)14(19)17-7-5-13(6-8-17)15(20)18-9-16(21,10-18)12(3)4/h11-13,21H,5-10H2,1-4H3. The Morgan fingerprint density at radius 2 is 1.57 bits per heavy atom. The summed E-state index contributed by atoms with van der Waals surface area (Å²) in [6.45, 7) is 10.0. The van der Waals surface area contributed by atoms with E-state index < -0.39 is 5.60 Å². The van der Waals surface area contributed by atoms with E-state index in [0.717, 1.165) is 12.8 Å². The van der Waals surface area contributed by atoms with Crippen LogP contribution in [0.2, 0.25) is 0 Å². The number of likely N-dealkylation sites (tertiary alicyclic amines) is 2. The van der Waals surface area contributed by atoms with Gasteiger partial charge >= 0.3 is 0 Å². The van der Waals surface area contributed by atoms with Gasteiger partial charge in [0.2, 0.25) is 11.8 Å². The van der Waals surface area contributed by atoms with Crippen LogP contribution in [0.3, 0.4) is 0 Å². The van der Waals surface area contributed by atoms with E-state index in [4.69, 9.17) is 0 Å². The summed E-state index contributed by atoms with van der Waals surface area (Å²) in [5, 5.41) is 10.2. The quantitative estimate of drug-likeness (QED) is 0.848. The van der Waals surface area contributed by atoms with Crippen molar-refractivity contribution in [2.75, 3.05) is 26.2 Å². The van der Waals surface area contributed by atoms with Gasteiger partial charge in [-0.1, -0.05) is 27.7 Å². The van der Waals surface area contributed by atoms with Crippen molar-refractivity contribution in [1.82, 2.24) is 9.80 Å². The number of carbonyl (C=O) groups is 2. The molecular weight excluding hydrogens is 268 g/mol. The fourth-order valence-corrected chi connectivity index (χ4v) is 3.11. The van der Waals surface area contributed by atoms with Gasteiger partial charge in [0.15, 0.2) is 0 Å². The van der Waals surface area contributed by atoms with E-state index in [1.807, 2.05) is 32.6 Å². The first kappa shape index (κ1) is 16.3. The Morgan fingerprint density at radius 1 is 1.05 bits per heavy atom. The van der Waals surface area contributed by atoms with Crippen LogP contribution in [-0.2, 0) is 9.59 Å². The Hall–Kier alpha value is -1.10. The van der Waals surface area contributed by atoms with Crippen molar-refractivity contribution in [3.8, 4) is 0 Å². The highest BCUT2D eigenvalue weighted by atomic mass is 16.3. The average molecular weight is 296 g/mol. The Balaban J connectivity index is 1.81. The second kappa shape index (κ2) is 5.95. The predicted molar refractivity (Wildman–Crippen MR) is 80.5 cm³/mol. The van der Waals surface area contributed by atoms with Gasteiger partial charge in [-0.05, 0) is 18.8 Å². The Morgan fingerprint density at radius 3 is 2.00 bits per heavy atom. The molecule has 2 saturated heterocycles. The third-order valence-corrected chi connectivity index (χ3v) is 4.97. The Bertz CT molecular complexity index is 406. The SMILES string of the molecule is CC(C)C(=O)N1CCC(C(=O)N2CC(O)(C(C)C)C2)CC1. The molecule has 0 aliphatic carbocycles. The lowest BCUT2D eigenvalue weighted by molar-refractivity contribution is -0.169. The minimum Gasteiger partial charge on any atom is -0.386 e. The lowest BCUT2D eigenvalue weighted by atomic mass is 9.81. The molecule has 0 aromatic rings. The van der Waals surface area contributed by atoms with Crippen molar-refractivity contribution in [2.45, 2.75) is 46.1 Å². The highest BCUT2D eigenvalue weighted by molar-refractivity contribution is 5.81.